The van der Waals surface area contributed by atoms with E-state index >= 15 is 0 Å². The monoisotopic (exact) mass is 267 g/mol. The minimum absolute atomic E-state index is 0.0831. The third kappa shape index (κ3) is 3.67. The zero-order valence-electron chi connectivity index (χ0n) is 11.6. The molecule has 2 atom stereocenters. The molecular weight excluding hydrogens is 245 g/mol. The highest BCUT2D eigenvalue weighted by atomic mass is 19.1. The third-order valence-electron chi connectivity index (χ3n) is 3.56. The van der Waals surface area contributed by atoms with Crippen LogP contribution in [0.1, 0.15) is 25.3 Å². The summed E-state index contributed by atoms with van der Waals surface area (Å²) >= 11 is 0. The molecule has 19 heavy (non-hydrogen) atoms. The summed E-state index contributed by atoms with van der Waals surface area (Å²) in [4.78, 5) is 0. The van der Waals surface area contributed by atoms with Gasteiger partial charge >= 0.3 is 0 Å². The molecule has 2 rings (SSSR count). The van der Waals surface area contributed by atoms with Crippen LogP contribution in [0.4, 0.5) is 4.39 Å². The van der Waals surface area contributed by atoms with Crippen LogP contribution in [0, 0.1) is 11.7 Å². The lowest BCUT2D eigenvalue weighted by Gasteiger charge is -2.23. The largest absolute Gasteiger partial charge is 0.494 e. The minimum Gasteiger partial charge on any atom is -0.494 e. The molecule has 1 saturated carbocycles. The molecule has 0 bridgehead atoms. The van der Waals surface area contributed by atoms with Crippen LogP contribution >= 0.6 is 0 Å². The Hall–Kier alpha value is -1.13. The Bertz CT molecular complexity index is 421. The Balaban J connectivity index is 2.00. The molecule has 0 radical (unpaired) electrons. The van der Waals surface area contributed by atoms with E-state index in [2.05, 4.69) is 0 Å². The van der Waals surface area contributed by atoms with Crippen molar-refractivity contribution in [3.05, 3.63) is 29.6 Å². The number of hydrogen-bond acceptors (Lipinski definition) is 3. The number of methoxy groups -OCH3 is 1. The number of hydrogen-bond donors (Lipinski definition) is 1. The summed E-state index contributed by atoms with van der Waals surface area (Å²) in [5.74, 6) is 0.505. The summed E-state index contributed by atoms with van der Waals surface area (Å²) in [6.07, 6.45) is 3.10. The molecule has 0 aliphatic heterocycles. The number of nitrogens with two attached hydrogens (primary N) is 1. The average Bonchev–Trinajstić information content (AvgIpc) is 3.20. The van der Waals surface area contributed by atoms with Gasteiger partial charge in [0.2, 0.25) is 0 Å². The summed E-state index contributed by atoms with van der Waals surface area (Å²) in [5.41, 5.74) is 7.10. The number of ether oxygens (including phenoxy) is 2. The quantitative estimate of drug-likeness (QED) is 0.825. The summed E-state index contributed by atoms with van der Waals surface area (Å²) < 4.78 is 24.3. The molecule has 4 heteroatoms. The smallest absolute Gasteiger partial charge is 0.165 e. The van der Waals surface area contributed by atoms with E-state index in [1.165, 1.54) is 26.0 Å². The Kier molecular flexibility index (Phi) is 4.77. The molecule has 3 nitrogen and oxygen atoms in total. The molecule has 1 aromatic rings. The lowest BCUT2D eigenvalue weighted by Crippen LogP contribution is -2.40. The van der Waals surface area contributed by atoms with Crippen molar-refractivity contribution in [2.45, 2.75) is 38.3 Å². The van der Waals surface area contributed by atoms with E-state index in [9.17, 15) is 4.39 Å². The highest BCUT2D eigenvalue weighted by Gasteiger charge is 2.35. The normalized spacial score (nSPS) is 18.1. The summed E-state index contributed by atoms with van der Waals surface area (Å²) in [5, 5.41) is 0. The Morgan fingerprint density at radius 2 is 2.16 bits per heavy atom. The second-order valence-electron chi connectivity index (χ2n) is 5.09. The van der Waals surface area contributed by atoms with Crippen LogP contribution < -0.4 is 10.5 Å². The van der Waals surface area contributed by atoms with Crippen LogP contribution in [0.25, 0.3) is 0 Å². The van der Waals surface area contributed by atoms with Crippen LogP contribution in [0.15, 0.2) is 18.2 Å². The molecule has 1 fully saturated rings. The van der Waals surface area contributed by atoms with Crippen molar-refractivity contribution in [3.8, 4) is 5.75 Å². The van der Waals surface area contributed by atoms with Crippen molar-refractivity contribution in [3.63, 3.8) is 0 Å². The highest BCUT2D eigenvalue weighted by molar-refractivity contribution is 5.29. The predicted molar refractivity (Wildman–Crippen MR) is 72.8 cm³/mol. The molecule has 1 aliphatic rings. The predicted octanol–water partition coefficient (Wildman–Crippen LogP) is 2.52. The first-order valence-electron chi connectivity index (χ1n) is 6.85. The molecular formula is C15H22FNO2. The topological polar surface area (TPSA) is 44.5 Å². The first kappa shape index (κ1) is 14.3. The van der Waals surface area contributed by atoms with Gasteiger partial charge in [-0.05, 0) is 49.8 Å². The minimum atomic E-state index is -0.341. The van der Waals surface area contributed by atoms with E-state index in [0.29, 0.717) is 18.9 Å². The van der Waals surface area contributed by atoms with Crippen LogP contribution in [-0.4, -0.2) is 25.9 Å². The molecule has 0 aromatic heterocycles. The average molecular weight is 267 g/mol. The van der Waals surface area contributed by atoms with Crippen LogP contribution in [0.2, 0.25) is 0 Å². The standard InChI is InChI=1S/C15H22FNO2/c1-3-19-15(11-5-6-11)13(17)9-10-4-7-14(18-2)12(16)8-10/h4,7-8,11,13,15H,3,5-6,9,17H2,1-2H3. The van der Waals surface area contributed by atoms with Crippen molar-refractivity contribution >= 4 is 0 Å². The van der Waals surface area contributed by atoms with Gasteiger partial charge in [-0.25, -0.2) is 4.39 Å². The summed E-state index contributed by atoms with van der Waals surface area (Å²) in [6.45, 7) is 2.65. The van der Waals surface area contributed by atoms with Gasteiger partial charge in [0.1, 0.15) is 0 Å². The van der Waals surface area contributed by atoms with E-state index in [4.69, 9.17) is 15.2 Å². The lowest BCUT2D eigenvalue weighted by molar-refractivity contribution is 0.0288. The van der Waals surface area contributed by atoms with Crippen molar-refractivity contribution in [1.82, 2.24) is 0 Å². The first-order valence-corrected chi connectivity index (χ1v) is 6.85. The molecule has 106 valence electrons. The number of benzene rings is 1. The summed E-state index contributed by atoms with van der Waals surface area (Å²) in [6, 6.07) is 4.91. The Morgan fingerprint density at radius 3 is 2.68 bits per heavy atom. The fraction of sp³-hybridized carbons (Fsp3) is 0.600. The summed E-state index contributed by atoms with van der Waals surface area (Å²) in [7, 11) is 1.46. The molecule has 0 saturated heterocycles. The zero-order valence-corrected chi connectivity index (χ0v) is 11.6. The second-order valence-corrected chi connectivity index (χ2v) is 5.09. The van der Waals surface area contributed by atoms with E-state index in [-0.39, 0.29) is 23.7 Å². The zero-order chi connectivity index (χ0) is 13.8. The van der Waals surface area contributed by atoms with Gasteiger partial charge in [0.05, 0.1) is 13.2 Å². The van der Waals surface area contributed by atoms with Gasteiger partial charge < -0.3 is 15.2 Å². The maximum atomic E-state index is 13.6. The molecule has 0 spiro atoms. The van der Waals surface area contributed by atoms with Crippen LogP contribution in [0.5, 0.6) is 5.75 Å². The first-order chi connectivity index (χ1) is 9.15. The van der Waals surface area contributed by atoms with Gasteiger partial charge in [-0.15, -0.1) is 0 Å². The van der Waals surface area contributed by atoms with E-state index in [1.54, 1.807) is 6.07 Å². The molecule has 0 amide bonds. The maximum Gasteiger partial charge on any atom is 0.165 e. The van der Waals surface area contributed by atoms with E-state index < -0.39 is 0 Å². The Morgan fingerprint density at radius 1 is 1.42 bits per heavy atom. The van der Waals surface area contributed by atoms with Gasteiger partial charge in [-0.1, -0.05) is 6.07 Å². The van der Waals surface area contributed by atoms with Gasteiger partial charge in [-0.3, -0.25) is 0 Å². The maximum absolute atomic E-state index is 13.6. The van der Waals surface area contributed by atoms with Gasteiger partial charge in [0.15, 0.2) is 11.6 Å². The fourth-order valence-corrected chi connectivity index (χ4v) is 2.45. The van der Waals surface area contributed by atoms with Crippen molar-refractivity contribution in [2.24, 2.45) is 11.7 Å². The number of rotatable bonds is 7. The van der Waals surface area contributed by atoms with Gasteiger partial charge in [0, 0.05) is 12.6 Å². The molecule has 2 unspecified atom stereocenters. The van der Waals surface area contributed by atoms with Crippen molar-refractivity contribution in [2.75, 3.05) is 13.7 Å². The van der Waals surface area contributed by atoms with Crippen LogP contribution in [0.3, 0.4) is 0 Å². The van der Waals surface area contributed by atoms with E-state index in [0.717, 1.165) is 5.56 Å². The van der Waals surface area contributed by atoms with Crippen LogP contribution in [-0.2, 0) is 11.2 Å². The Labute approximate surface area is 113 Å². The molecule has 2 N–H and O–H groups in total. The van der Waals surface area contributed by atoms with E-state index in [1.807, 2.05) is 13.0 Å². The SMILES string of the molecule is CCOC(C(N)Cc1ccc(OC)c(F)c1)C1CC1. The van der Waals surface area contributed by atoms with Gasteiger partial charge in [-0.2, -0.15) is 0 Å². The fourth-order valence-electron chi connectivity index (χ4n) is 2.45. The van der Waals surface area contributed by atoms with Crippen molar-refractivity contribution < 1.29 is 13.9 Å². The number of halogens is 1. The lowest BCUT2D eigenvalue weighted by atomic mass is 9.99. The molecule has 0 heterocycles. The van der Waals surface area contributed by atoms with Crippen molar-refractivity contribution in [1.29, 1.82) is 0 Å². The second kappa shape index (κ2) is 6.35. The molecule has 1 aromatic carbocycles. The molecule has 1 aliphatic carbocycles. The third-order valence-corrected chi connectivity index (χ3v) is 3.56. The highest BCUT2D eigenvalue weighted by Crippen LogP contribution is 2.36. The van der Waals surface area contributed by atoms with Gasteiger partial charge in [0.25, 0.3) is 0 Å².